The standard InChI is InChI=1S/C20H27NO5/c22-18(23)20(26-17-9-5-2-6-10-17)11-13-21(14-12-20)19(24)25-15-16-7-3-1-4-8-16/h1,3-4,7-8,17H,2,5-6,9-15H2,(H,22,23). The SMILES string of the molecule is O=C(OCc1ccccc1)N1CCC(OC2CCCCC2)(C(=O)O)CC1. The van der Waals surface area contributed by atoms with E-state index in [0.29, 0.717) is 25.9 Å². The summed E-state index contributed by atoms with van der Waals surface area (Å²) in [6.45, 7) is 0.901. The second kappa shape index (κ2) is 8.54. The number of ether oxygens (including phenoxy) is 2. The van der Waals surface area contributed by atoms with E-state index in [-0.39, 0.29) is 12.7 Å². The fourth-order valence-corrected chi connectivity index (χ4v) is 3.75. The Balaban J connectivity index is 1.52. The zero-order valence-corrected chi connectivity index (χ0v) is 15.1. The molecule has 1 amide bonds. The van der Waals surface area contributed by atoms with Crippen molar-refractivity contribution in [3.63, 3.8) is 0 Å². The molecule has 0 aromatic heterocycles. The second-order valence-corrected chi connectivity index (χ2v) is 7.20. The molecule has 142 valence electrons. The Kier molecular flexibility index (Phi) is 6.14. The van der Waals surface area contributed by atoms with E-state index in [1.165, 1.54) is 6.42 Å². The molecule has 2 fully saturated rings. The lowest BCUT2D eigenvalue weighted by Gasteiger charge is -2.41. The summed E-state index contributed by atoms with van der Waals surface area (Å²) in [5.74, 6) is -0.916. The summed E-state index contributed by atoms with van der Waals surface area (Å²) in [6, 6.07) is 9.50. The van der Waals surface area contributed by atoms with E-state index in [0.717, 1.165) is 31.2 Å². The molecule has 0 bridgehead atoms. The monoisotopic (exact) mass is 361 g/mol. The summed E-state index contributed by atoms with van der Waals surface area (Å²) in [7, 11) is 0. The number of likely N-dealkylation sites (tertiary alicyclic amines) is 1. The van der Waals surface area contributed by atoms with Crippen molar-refractivity contribution in [3.8, 4) is 0 Å². The van der Waals surface area contributed by atoms with Gasteiger partial charge in [0.2, 0.25) is 0 Å². The third-order valence-corrected chi connectivity index (χ3v) is 5.37. The topological polar surface area (TPSA) is 76.1 Å². The minimum absolute atomic E-state index is 0.0245. The van der Waals surface area contributed by atoms with Crippen LogP contribution in [-0.2, 0) is 20.9 Å². The van der Waals surface area contributed by atoms with Crippen LogP contribution in [-0.4, -0.2) is 46.9 Å². The molecule has 3 rings (SSSR count). The molecular formula is C20H27NO5. The van der Waals surface area contributed by atoms with Crippen LogP contribution in [0.3, 0.4) is 0 Å². The van der Waals surface area contributed by atoms with Crippen molar-refractivity contribution in [1.29, 1.82) is 0 Å². The number of hydrogen-bond donors (Lipinski definition) is 1. The minimum atomic E-state index is -1.17. The smallest absolute Gasteiger partial charge is 0.410 e. The Morgan fingerprint density at radius 1 is 1.08 bits per heavy atom. The van der Waals surface area contributed by atoms with Gasteiger partial charge in [-0.15, -0.1) is 0 Å². The first kappa shape index (κ1) is 18.7. The average molecular weight is 361 g/mol. The number of carbonyl (C=O) groups is 2. The number of aliphatic carboxylic acids is 1. The third-order valence-electron chi connectivity index (χ3n) is 5.37. The van der Waals surface area contributed by atoms with Crippen LogP contribution in [0, 0.1) is 0 Å². The van der Waals surface area contributed by atoms with E-state index < -0.39 is 17.7 Å². The molecule has 1 saturated heterocycles. The molecule has 6 nitrogen and oxygen atoms in total. The average Bonchev–Trinajstić information content (AvgIpc) is 2.68. The van der Waals surface area contributed by atoms with Crippen molar-refractivity contribution < 1.29 is 24.2 Å². The van der Waals surface area contributed by atoms with Crippen LogP contribution in [0.1, 0.15) is 50.5 Å². The normalized spacial score (nSPS) is 20.5. The summed E-state index contributed by atoms with van der Waals surface area (Å²) in [5, 5.41) is 9.74. The fourth-order valence-electron chi connectivity index (χ4n) is 3.75. The van der Waals surface area contributed by atoms with Crippen LogP contribution in [0.25, 0.3) is 0 Å². The summed E-state index contributed by atoms with van der Waals surface area (Å²) in [6.07, 6.45) is 5.48. The Hall–Kier alpha value is -2.08. The molecular weight excluding hydrogens is 334 g/mol. The zero-order valence-electron chi connectivity index (χ0n) is 15.1. The molecule has 1 heterocycles. The number of carboxylic acid groups (broad SMARTS) is 1. The lowest BCUT2D eigenvalue weighted by atomic mass is 9.89. The first-order valence-corrected chi connectivity index (χ1v) is 9.46. The number of piperidine rings is 1. The quantitative estimate of drug-likeness (QED) is 0.867. The zero-order chi connectivity index (χ0) is 18.4. The number of carboxylic acids is 1. The lowest BCUT2D eigenvalue weighted by Crippen LogP contribution is -2.54. The Bertz CT molecular complexity index is 604. The van der Waals surface area contributed by atoms with E-state index in [2.05, 4.69) is 0 Å². The molecule has 2 aliphatic rings. The number of carbonyl (C=O) groups excluding carboxylic acids is 1. The fraction of sp³-hybridized carbons (Fsp3) is 0.600. The summed E-state index contributed by atoms with van der Waals surface area (Å²) >= 11 is 0. The summed E-state index contributed by atoms with van der Waals surface area (Å²) in [5.41, 5.74) is -0.239. The molecule has 1 N–H and O–H groups in total. The van der Waals surface area contributed by atoms with Crippen LogP contribution in [0.5, 0.6) is 0 Å². The number of nitrogens with zero attached hydrogens (tertiary/aromatic N) is 1. The van der Waals surface area contributed by atoms with Crippen LogP contribution in [0.2, 0.25) is 0 Å². The summed E-state index contributed by atoms with van der Waals surface area (Å²) < 4.78 is 11.4. The van der Waals surface area contributed by atoms with Crippen molar-refractivity contribution in [1.82, 2.24) is 4.90 Å². The van der Waals surface area contributed by atoms with Gasteiger partial charge in [0, 0.05) is 25.9 Å². The number of benzene rings is 1. The molecule has 0 radical (unpaired) electrons. The van der Waals surface area contributed by atoms with Crippen molar-refractivity contribution >= 4 is 12.1 Å². The molecule has 1 aromatic rings. The van der Waals surface area contributed by atoms with Gasteiger partial charge >= 0.3 is 12.1 Å². The molecule has 26 heavy (non-hydrogen) atoms. The molecule has 0 unspecified atom stereocenters. The van der Waals surface area contributed by atoms with Gasteiger partial charge in [0.15, 0.2) is 5.60 Å². The maximum Gasteiger partial charge on any atom is 0.410 e. The predicted molar refractivity (Wildman–Crippen MR) is 95.8 cm³/mol. The van der Waals surface area contributed by atoms with Gasteiger partial charge in [-0.3, -0.25) is 0 Å². The Labute approximate surface area is 154 Å². The Morgan fingerprint density at radius 2 is 1.73 bits per heavy atom. The highest BCUT2D eigenvalue weighted by atomic mass is 16.6. The molecule has 1 aliphatic carbocycles. The van der Waals surface area contributed by atoms with Crippen LogP contribution < -0.4 is 0 Å². The van der Waals surface area contributed by atoms with Gasteiger partial charge < -0.3 is 19.5 Å². The van der Waals surface area contributed by atoms with Gasteiger partial charge in [0.25, 0.3) is 0 Å². The van der Waals surface area contributed by atoms with Gasteiger partial charge in [-0.2, -0.15) is 0 Å². The van der Waals surface area contributed by atoms with Gasteiger partial charge in [0.1, 0.15) is 6.61 Å². The van der Waals surface area contributed by atoms with Gasteiger partial charge in [-0.25, -0.2) is 9.59 Å². The molecule has 1 aromatic carbocycles. The summed E-state index contributed by atoms with van der Waals surface area (Å²) in [4.78, 5) is 25.7. The van der Waals surface area contributed by atoms with Crippen LogP contribution in [0.4, 0.5) is 4.79 Å². The largest absolute Gasteiger partial charge is 0.479 e. The van der Waals surface area contributed by atoms with Gasteiger partial charge in [-0.05, 0) is 18.4 Å². The molecule has 0 atom stereocenters. The predicted octanol–water partition coefficient (Wildman–Crippen LogP) is 3.59. The molecule has 6 heteroatoms. The van der Waals surface area contributed by atoms with Crippen LogP contribution >= 0.6 is 0 Å². The first-order chi connectivity index (χ1) is 12.6. The van der Waals surface area contributed by atoms with E-state index in [1.54, 1.807) is 4.90 Å². The highest BCUT2D eigenvalue weighted by Gasteiger charge is 2.45. The van der Waals surface area contributed by atoms with Gasteiger partial charge in [-0.1, -0.05) is 49.6 Å². The number of rotatable bonds is 5. The van der Waals surface area contributed by atoms with E-state index >= 15 is 0 Å². The lowest BCUT2D eigenvalue weighted by molar-refractivity contribution is -0.184. The second-order valence-electron chi connectivity index (χ2n) is 7.20. The highest BCUT2D eigenvalue weighted by molar-refractivity contribution is 5.78. The molecule has 0 spiro atoms. The Morgan fingerprint density at radius 3 is 2.35 bits per heavy atom. The molecule has 1 saturated carbocycles. The van der Waals surface area contributed by atoms with E-state index in [9.17, 15) is 14.7 Å². The maximum atomic E-state index is 12.3. The van der Waals surface area contributed by atoms with E-state index in [4.69, 9.17) is 9.47 Å². The van der Waals surface area contributed by atoms with Crippen molar-refractivity contribution in [3.05, 3.63) is 35.9 Å². The maximum absolute atomic E-state index is 12.3. The van der Waals surface area contributed by atoms with Gasteiger partial charge in [0.05, 0.1) is 6.10 Å². The first-order valence-electron chi connectivity index (χ1n) is 9.46. The van der Waals surface area contributed by atoms with Crippen LogP contribution in [0.15, 0.2) is 30.3 Å². The van der Waals surface area contributed by atoms with Crippen molar-refractivity contribution in [2.24, 2.45) is 0 Å². The minimum Gasteiger partial charge on any atom is -0.479 e. The highest BCUT2D eigenvalue weighted by Crippen LogP contribution is 2.32. The molecule has 1 aliphatic heterocycles. The van der Waals surface area contributed by atoms with Crippen molar-refractivity contribution in [2.75, 3.05) is 13.1 Å². The number of amides is 1. The third kappa shape index (κ3) is 4.55. The van der Waals surface area contributed by atoms with E-state index in [1.807, 2.05) is 30.3 Å². The number of hydrogen-bond acceptors (Lipinski definition) is 4. The van der Waals surface area contributed by atoms with Crippen molar-refractivity contribution in [2.45, 2.75) is 63.3 Å².